The van der Waals surface area contributed by atoms with Crippen molar-refractivity contribution in [3.05, 3.63) is 11.8 Å². The lowest BCUT2D eigenvalue weighted by molar-refractivity contribution is -0.117. The quantitative estimate of drug-likeness (QED) is 0.727. The second-order valence-electron chi connectivity index (χ2n) is 3.61. The maximum atomic E-state index is 10.7. The standard InChI is InChI=1S/C9H14N2O2/c1-6(2)3-4-7-5-8(12)9(13)11-10-7/h5-7,12H,3-4H2,1-2H3. The Hall–Kier alpha value is -1.19. The first-order valence-electron chi connectivity index (χ1n) is 4.45. The Morgan fingerprint density at radius 3 is 2.85 bits per heavy atom. The Morgan fingerprint density at radius 1 is 1.62 bits per heavy atom. The van der Waals surface area contributed by atoms with Gasteiger partial charge in [0.2, 0.25) is 0 Å². The normalized spacial score (nSPS) is 22.2. The Bertz CT molecular complexity index is 256. The third-order valence-corrected chi connectivity index (χ3v) is 1.91. The van der Waals surface area contributed by atoms with Crippen LogP contribution in [0.3, 0.4) is 0 Å². The van der Waals surface area contributed by atoms with Gasteiger partial charge in [-0.3, -0.25) is 4.79 Å². The molecule has 13 heavy (non-hydrogen) atoms. The highest BCUT2D eigenvalue weighted by Crippen LogP contribution is 2.15. The highest BCUT2D eigenvalue weighted by atomic mass is 16.3. The van der Waals surface area contributed by atoms with E-state index >= 15 is 0 Å². The summed E-state index contributed by atoms with van der Waals surface area (Å²) in [7, 11) is 0. The van der Waals surface area contributed by atoms with Crippen LogP contribution in [0.1, 0.15) is 26.7 Å². The molecular weight excluding hydrogens is 168 g/mol. The van der Waals surface area contributed by atoms with Crippen molar-refractivity contribution in [1.82, 2.24) is 0 Å². The minimum atomic E-state index is -0.638. The van der Waals surface area contributed by atoms with Gasteiger partial charge < -0.3 is 5.11 Å². The van der Waals surface area contributed by atoms with Gasteiger partial charge in [-0.2, -0.15) is 5.11 Å². The Morgan fingerprint density at radius 2 is 2.31 bits per heavy atom. The van der Waals surface area contributed by atoms with Crippen LogP contribution in [0.4, 0.5) is 0 Å². The fourth-order valence-corrected chi connectivity index (χ4v) is 1.11. The van der Waals surface area contributed by atoms with Crippen LogP contribution in [0.2, 0.25) is 0 Å². The fourth-order valence-electron chi connectivity index (χ4n) is 1.11. The van der Waals surface area contributed by atoms with E-state index in [0.29, 0.717) is 5.92 Å². The summed E-state index contributed by atoms with van der Waals surface area (Å²) in [5, 5.41) is 16.2. The maximum Gasteiger partial charge on any atom is 0.329 e. The number of amides is 1. The van der Waals surface area contributed by atoms with E-state index in [4.69, 9.17) is 5.11 Å². The first kappa shape index (κ1) is 9.89. The number of aliphatic hydroxyl groups excluding tert-OH is 1. The average Bonchev–Trinajstić information content (AvgIpc) is 2.07. The molecule has 1 rings (SSSR count). The zero-order valence-electron chi connectivity index (χ0n) is 7.90. The number of aliphatic hydroxyl groups is 1. The number of rotatable bonds is 3. The molecule has 0 saturated carbocycles. The second-order valence-corrected chi connectivity index (χ2v) is 3.61. The van der Waals surface area contributed by atoms with E-state index in [1.165, 1.54) is 6.08 Å². The number of azo groups is 1. The summed E-state index contributed by atoms with van der Waals surface area (Å²) in [6.45, 7) is 4.24. The lowest BCUT2D eigenvalue weighted by atomic mass is 10.0. The molecule has 1 amide bonds. The van der Waals surface area contributed by atoms with Crippen molar-refractivity contribution in [1.29, 1.82) is 0 Å². The molecule has 0 bridgehead atoms. The average molecular weight is 182 g/mol. The van der Waals surface area contributed by atoms with Gasteiger partial charge in [-0.05, 0) is 24.8 Å². The molecule has 0 aromatic rings. The van der Waals surface area contributed by atoms with Crippen LogP contribution in [0.15, 0.2) is 22.1 Å². The third kappa shape index (κ3) is 2.97. The van der Waals surface area contributed by atoms with Crippen LogP contribution in [0.5, 0.6) is 0 Å². The van der Waals surface area contributed by atoms with E-state index in [2.05, 4.69) is 24.1 Å². The minimum absolute atomic E-state index is 0.125. The van der Waals surface area contributed by atoms with Gasteiger partial charge in [-0.25, -0.2) is 0 Å². The molecule has 0 aromatic carbocycles. The first-order valence-corrected chi connectivity index (χ1v) is 4.45. The number of carbonyl (C=O) groups is 1. The summed E-state index contributed by atoms with van der Waals surface area (Å²) in [4.78, 5) is 10.7. The van der Waals surface area contributed by atoms with E-state index < -0.39 is 5.91 Å². The van der Waals surface area contributed by atoms with Crippen LogP contribution >= 0.6 is 0 Å². The highest BCUT2D eigenvalue weighted by molar-refractivity contribution is 5.91. The second kappa shape index (κ2) is 4.16. The lowest BCUT2D eigenvalue weighted by Gasteiger charge is -2.11. The SMILES string of the molecule is CC(C)CCC1C=C(O)C(=O)N=N1. The predicted molar refractivity (Wildman–Crippen MR) is 48.4 cm³/mol. The summed E-state index contributed by atoms with van der Waals surface area (Å²) in [5.74, 6) is -0.312. The molecule has 1 aliphatic rings. The zero-order valence-corrected chi connectivity index (χ0v) is 7.90. The Kier molecular flexibility index (Phi) is 3.17. The van der Waals surface area contributed by atoms with Crippen LogP contribution < -0.4 is 0 Å². The number of carbonyl (C=O) groups excluding carboxylic acids is 1. The molecule has 4 nitrogen and oxygen atoms in total. The van der Waals surface area contributed by atoms with E-state index in [0.717, 1.165) is 12.8 Å². The van der Waals surface area contributed by atoms with Gasteiger partial charge in [0.15, 0.2) is 5.76 Å². The summed E-state index contributed by atoms with van der Waals surface area (Å²) in [6.07, 6.45) is 3.32. The molecule has 4 heteroatoms. The summed E-state index contributed by atoms with van der Waals surface area (Å²) < 4.78 is 0. The van der Waals surface area contributed by atoms with Gasteiger partial charge in [0.25, 0.3) is 0 Å². The molecule has 0 radical (unpaired) electrons. The topological polar surface area (TPSA) is 62.0 Å². The van der Waals surface area contributed by atoms with E-state index in [1.54, 1.807) is 0 Å². The molecule has 1 atom stereocenters. The Labute approximate surface area is 77.4 Å². The minimum Gasteiger partial charge on any atom is -0.503 e. The van der Waals surface area contributed by atoms with Crippen LogP contribution in [0, 0.1) is 5.92 Å². The maximum absolute atomic E-state index is 10.7. The largest absolute Gasteiger partial charge is 0.503 e. The molecule has 0 fully saturated rings. The lowest BCUT2D eigenvalue weighted by Crippen LogP contribution is -2.11. The van der Waals surface area contributed by atoms with E-state index in [9.17, 15) is 4.79 Å². The third-order valence-electron chi connectivity index (χ3n) is 1.91. The van der Waals surface area contributed by atoms with Crippen molar-refractivity contribution in [3.63, 3.8) is 0 Å². The van der Waals surface area contributed by atoms with Gasteiger partial charge >= 0.3 is 5.91 Å². The monoisotopic (exact) mass is 182 g/mol. The smallest absolute Gasteiger partial charge is 0.329 e. The first-order chi connectivity index (χ1) is 6.09. The van der Waals surface area contributed by atoms with Crippen LogP contribution in [-0.4, -0.2) is 17.1 Å². The molecule has 0 aliphatic carbocycles. The molecule has 1 aliphatic heterocycles. The highest BCUT2D eigenvalue weighted by Gasteiger charge is 2.16. The molecule has 1 heterocycles. The molecule has 0 saturated heterocycles. The van der Waals surface area contributed by atoms with Crippen molar-refractivity contribution in [2.24, 2.45) is 16.1 Å². The summed E-state index contributed by atoms with van der Waals surface area (Å²) in [5.41, 5.74) is 0. The van der Waals surface area contributed by atoms with Gasteiger partial charge in [0, 0.05) is 0 Å². The van der Waals surface area contributed by atoms with Crippen molar-refractivity contribution in [2.45, 2.75) is 32.7 Å². The molecule has 72 valence electrons. The van der Waals surface area contributed by atoms with E-state index in [1.807, 2.05) is 0 Å². The molecular formula is C9H14N2O2. The van der Waals surface area contributed by atoms with Crippen LogP contribution in [0.25, 0.3) is 0 Å². The van der Waals surface area contributed by atoms with Crippen molar-refractivity contribution in [2.75, 3.05) is 0 Å². The summed E-state index contributed by atoms with van der Waals surface area (Å²) in [6, 6.07) is -0.125. The van der Waals surface area contributed by atoms with Crippen molar-refractivity contribution < 1.29 is 9.90 Å². The molecule has 0 aromatic heterocycles. The number of hydrogen-bond acceptors (Lipinski definition) is 3. The van der Waals surface area contributed by atoms with Gasteiger partial charge in [-0.15, -0.1) is 5.11 Å². The Balaban J connectivity index is 2.45. The molecule has 1 N–H and O–H groups in total. The summed E-state index contributed by atoms with van der Waals surface area (Å²) >= 11 is 0. The zero-order chi connectivity index (χ0) is 9.84. The van der Waals surface area contributed by atoms with E-state index in [-0.39, 0.29) is 11.8 Å². The van der Waals surface area contributed by atoms with Gasteiger partial charge in [0.1, 0.15) is 0 Å². The van der Waals surface area contributed by atoms with Crippen molar-refractivity contribution >= 4 is 5.91 Å². The van der Waals surface area contributed by atoms with Crippen molar-refractivity contribution in [3.8, 4) is 0 Å². The van der Waals surface area contributed by atoms with Crippen LogP contribution in [-0.2, 0) is 4.79 Å². The molecule has 0 spiro atoms. The van der Waals surface area contributed by atoms with Gasteiger partial charge in [-0.1, -0.05) is 13.8 Å². The number of hydrogen-bond donors (Lipinski definition) is 1. The molecule has 1 unspecified atom stereocenters. The number of nitrogens with zero attached hydrogens (tertiary/aromatic N) is 2. The van der Waals surface area contributed by atoms with Gasteiger partial charge in [0.05, 0.1) is 6.04 Å². The predicted octanol–water partition coefficient (Wildman–Crippen LogP) is 2.23. The fraction of sp³-hybridized carbons (Fsp3) is 0.667.